The fourth-order valence-corrected chi connectivity index (χ4v) is 4.09. The van der Waals surface area contributed by atoms with Crippen molar-refractivity contribution in [1.29, 1.82) is 0 Å². The van der Waals surface area contributed by atoms with E-state index in [-0.39, 0.29) is 24.2 Å². The van der Waals surface area contributed by atoms with Crippen LogP contribution in [0.4, 0.5) is 0 Å². The number of carbonyl (C=O) groups excluding carboxylic acids is 2. The molecule has 1 heterocycles. The molecule has 32 heavy (non-hydrogen) atoms. The largest absolute Gasteiger partial charge is 0.488 e. The van der Waals surface area contributed by atoms with Gasteiger partial charge >= 0.3 is 5.97 Å². The molecule has 1 aromatic carbocycles. The van der Waals surface area contributed by atoms with Gasteiger partial charge in [0.15, 0.2) is 0 Å². The lowest BCUT2D eigenvalue weighted by molar-refractivity contribution is -0.184. The Balaban J connectivity index is 1.54. The molecule has 7 heteroatoms. The first kappa shape index (κ1) is 24.2. The summed E-state index contributed by atoms with van der Waals surface area (Å²) in [5.41, 5.74) is 0. The average Bonchev–Trinajstić information content (AvgIpc) is 3.41. The van der Waals surface area contributed by atoms with Gasteiger partial charge in [-0.05, 0) is 43.0 Å². The number of rotatable bonds is 10. The van der Waals surface area contributed by atoms with E-state index in [1.54, 1.807) is 30.4 Å². The maximum Gasteiger partial charge on any atom is 0.330 e. The number of methoxy groups -OCH3 is 1. The van der Waals surface area contributed by atoms with E-state index in [9.17, 15) is 9.59 Å². The number of carbonyl (C=O) groups is 2. The molecule has 0 N–H and O–H groups in total. The van der Waals surface area contributed by atoms with Crippen molar-refractivity contribution in [1.82, 2.24) is 0 Å². The summed E-state index contributed by atoms with van der Waals surface area (Å²) in [7, 11) is 1.33. The summed E-state index contributed by atoms with van der Waals surface area (Å²) in [6.45, 7) is 1.34. The molecule has 0 bridgehead atoms. The van der Waals surface area contributed by atoms with Crippen LogP contribution in [0.15, 0.2) is 60.7 Å². The van der Waals surface area contributed by atoms with Crippen LogP contribution in [0.25, 0.3) is 0 Å². The Hall–Kier alpha value is -2.41. The van der Waals surface area contributed by atoms with E-state index >= 15 is 0 Å². The third-order valence-electron chi connectivity index (χ3n) is 5.71. The van der Waals surface area contributed by atoms with Crippen LogP contribution in [0.1, 0.15) is 25.7 Å². The maximum absolute atomic E-state index is 12.4. The molecule has 0 aromatic heterocycles. The van der Waals surface area contributed by atoms with Gasteiger partial charge in [0, 0.05) is 29.9 Å². The van der Waals surface area contributed by atoms with E-state index in [4.69, 9.17) is 25.8 Å². The lowest BCUT2D eigenvalue weighted by atomic mass is 9.89. The highest BCUT2D eigenvalue weighted by Gasteiger charge is 2.40. The van der Waals surface area contributed by atoms with E-state index < -0.39 is 11.8 Å². The number of allylic oxidation sites excluding steroid dienone is 5. The van der Waals surface area contributed by atoms with Crippen molar-refractivity contribution in [3.05, 3.63) is 65.7 Å². The summed E-state index contributed by atoms with van der Waals surface area (Å²) < 4.78 is 22.3. The van der Waals surface area contributed by atoms with Gasteiger partial charge in [0.1, 0.15) is 18.1 Å². The maximum atomic E-state index is 12.4. The first-order chi connectivity index (χ1) is 15.5. The van der Waals surface area contributed by atoms with Gasteiger partial charge in [0.05, 0.1) is 20.3 Å². The first-order valence-electron chi connectivity index (χ1n) is 10.8. The molecular formula is C25H29ClO6. The van der Waals surface area contributed by atoms with Gasteiger partial charge in [-0.25, -0.2) is 4.79 Å². The molecule has 0 spiro atoms. The number of ether oxygens (including phenoxy) is 4. The molecule has 2 atom stereocenters. The third-order valence-corrected chi connectivity index (χ3v) is 5.96. The molecule has 2 aliphatic rings. The molecule has 1 aliphatic heterocycles. The first-order valence-corrected chi connectivity index (χ1v) is 11.2. The van der Waals surface area contributed by atoms with Crippen molar-refractivity contribution < 1.29 is 28.5 Å². The lowest BCUT2D eigenvalue weighted by Crippen LogP contribution is -2.38. The minimum atomic E-state index is -0.794. The zero-order valence-electron chi connectivity index (χ0n) is 18.2. The van der Waals surface area contributed by atoms with E-state index in [0.29, 0.717) is 36.8 Å². The zero-order valence-corrected chi connectivity index (χ0v) is 19.0. The van der Waals surface area contributed by atoms with Crippen LogP contribution >= 0.6 is 11.6 Å². The van der Waals surface area contributed by atoms with Crippen LogP contribution in [0.5, 0.6) is 5.75 Å². The summed E-state index contributed by atoms with van der Waals surface area (Å²) in [4.78, 5) is 23.4. The topological polar surface area (TPSA) is 71.1 Å². The second kappa shape index (κ2) is 12.0. The standard InChI is InChI=1S/C25H29ClO6/c1-29-24(28)7-5-3-2-4-6-22-19(8-13-23(22)27)14-15-25(31-16-17-32-25)18-30-21-11-9-20(26)10-12-21/h2-7,9-12,19,22H,8,13-18H2,1H3/b3-2-,6-4?,7-5?/t19-,22+/m1/s1. The SMILES string of the molecule is COC(=O)C=C/C=C\C=C[C@@H]1C(=O)CC[C@@H]1CCC1(COc2ccc(Cl)cc2)OCCO1. The highest BCUT2D eigenvalue weighted by Crippen LogP contribution is 2.37. The van der Waals surface area contributed by atoms with Crippen LogP contribution in [-0.2, 0) is 23.8 Å². The molecule has 0 amide bonds. The number of halogens is 1. The molecule has 2 fully saturated rings. The van der Waals surface area contributed by atoms with Crippen LogP contribution in [-0.4, -0.2) is 44.5 Å². The van der Waals surface area contributed by atoms with Crippen LogP contribution in [0.2, 0.25) is 5.02 Å². The Labute approximate surface area is 193 Å². The predicted molar refractivity (Wildman–Crippen MR) is 121 cm³/mol. The van der Waals surface area contributed by atoms with E-state index in [1.807, 2.05) is 24.3 Å². The molecule has 0 radical (unpaired) electrons. The van der Waals surface area contributed by atoms with Gasteiger partial charge < -0.3 is 18.9 Å². The van der Waals surface area contributed by atoms with Crippen molar-refractivity contribution in [2.75, 3.05) is 26.9 Å². The molecule has 1 saturated heterocycles. The Morgan fingerprint density at radius 1 is 1.16 bits per heavy atom. The highest BCUT2D eigenvalue weighted by atomic mass is 35.5. The fraction of sp³-hybridized carbons (Fsp3) is 0.440. The lowest BCUT2D eigenvalue weighted by Gasteiger charge is -2.29. The molecule has 0 unspecified atom stereocenters. The summed E-state index contributed by atoms with van der Waals surface area (Å²) in [5.74, 6) is -0.131. The predicted octanol–water partition coefficient (Wildman–Crippen LogP) is 4.68. The van der Waals surface area contributed by atoms with Gasteiger partial charge in [0.25, 0.3) is 0 Å². The fourth-order valence-electron chi connectivity index (χ4n) is 3.97. The second-order valence-electron chi connectivity index (χ2n) is 7.83. The smallest absolute Gasteiger partial charge is 0.330 e. The Morgan fingerprint density at radius 2 is 1.88 bits per heavy atom. The van der Waals surface area contributed by atoms with Crippen molar-refractivity contribution in [3.8, 4) is 5.75 Å². The van der Waals surface area contributed by atoms with Crippen LogP contribution in [0.3, 0.4) is 0 Å². The minimum Gasteiger partial charge on any atom is -0.488 e. The van der Waals surface area contributed by atoms with Crippen molar-refractivity contribution in [2.45, 2.75) is 31.5 Å². The number of hydrogen-bond acceptors (Lipinski definition) is 6. The summed E-state index contributed by atoms with van der Waals surface area (Å²) in [6, 6.07) is 7.19. The number of benzene rings is 1. The normalized spacial score (nSPS) is 23.0. The monoisotopic (exact) mass is 460 g/mol. The van der Waals surface area contributed by atoms with Crippen LogP contribution < -0.4 is 4.74 Å². The molecule has 1 aliphatic carbocycles. The van der Waals surface area contributed by atoms with Gasteiger partial charge in [-0.1, -0.05) is 42.0 Å². The molecule has 172 valence electrons. The summed E-state index contributed by atoms with van der Waals surface area (Å²) >= 11 is 5.93. The van der Waals surface area contributed by atoms with E-state index in [2.05, 4.69) is 4.74 Å². The van der Waals surface area contributed by atoms with Crippen molar-refractivity contribution in [3.63, 3.8) is 0 Å². The van der Waals surface area contributed by atoms with Crippen LogP contribution in [0, 0.1) is 11.8 Å². The number of hydrogen-bond donors (Lipinski definition) is 0. The van der Waals surface area contributed by atoms with Gasteiger partial charge in [-0.2, -0.15) is 0 Å². The quantitative estimate of drug-likeness (QED) is 0.287. The highest BCUT2D eigenvalue weighted by molar-refractivity contribution is 6.30. The Morgan fingerprint density at radius 3 is 2.59 bits per heavy atom. The Kier molecular flexibility index (Phi) is 9.09. The molecule has 1 aromatic rings. The number of Topliss-reactive ketones (excluding diaryl/α,β-unsaturated/α-hetero) is 1. The van der Waals surface area contributed by atoms with Gasteiger partial charge in [-0.3, -0.25) is 4.79 Å². The molecule has 3 rings (SSSR count). The minimum absolute atomic E-state index is 0.125. The second-order valence-corrected chi connectivity index (χ2v) is 8.27. The van der Waals surface area contributed by atoms with Gasteiger partial charge in [0.2, 0.25) is 5.79 Å². The third kappa shape index (κ3) is 7.05. The average molecular weight is 461 g/mol. The summed E-state index contributed by atoms with van der Waals surface area (Å²) in [5, 5.41) is 0.653. The zero-order chi connectivity index (χ0) is 22.8. The molecule has 6 nitrogen and oxygen atoms in total. The summed E-state index contributed by atoms with van der Waals surface area (Å²) in [6.07, 6.45) is 13.1. The number of ketones is 1. The molecule has 1 saturated carbocycles. The number of esters is 1. The van der Waals surface area contributed by atoms with Gasteiger partial charge in [-0.15, -0.1) is 0 Å². The van der Waals surface area contributed by atoms with E-state index in [1.165, 1.54) is 13.2 Å². The van der Waals surface area contributed by atoms with Crippen molar-refractivity contribution >= 4 is 23.4 Å². The van der Waals surface area contributed by atoms with Crippen molar-refractivity contribution in [2.24, 2.45) is 11.8 Å². The van der Waals surface area contributed by atoms with E-state index in [0.717, 1.165) is 12.8 Å². The Bertz CT molecular complexity index is 852. The molecular weight excluding hydrogens is 432 g/mol.